The van der Waals surface area contributed by atoms with E-state index in [1.54, 1.807) is 0 Å². The SMILES string of the molecule is C=C(c1ccc(C#C[Si](C)(C)C)cc1)C1CCC1. The maximum atomic E-state index is 4.23. The number of rotatable bonds is 2. The van der Waals surface area contributed by atoms with Gasteiger partial charge in [0.2, 0.25) is 0 Å². The Hall–Kier alpha value is -1.26. The Bertz CT molecular complexity index is 487. The first-order valence-electron chi connectivity index (χ1n) is 6.78. The van der Waals surface area contributed by atoms with Crippen LogP contribution in [0, 0.1) is 17.4 Å². The minimum absolute atomic E-state index is 0.726. The van der Waals surface area contributed by atoms with Crippen LogP contribution in [0.25, 0.3) is 5.57 Å². The molecule has 2 rings (SSSR count). The number of hydrogen-bond acceptors (Lipinski definition) is 0. The molecule has 0 N–H and O–H groups in total. The van der Waals surface area contributed by atoms with Crippen molar-refractivity contribution in [1.29, 1.82) is 0 Å². The largest absolute Gasteiger partial charge is 0.129 e. The third kappa shape index (κ3) is 3.37. The Morgan fingerprint density at radius 3 is 2.22 bits per heavy atom. The molecule has 1 aromatic rings. The standard InChI is InChI=1S/C17H22Si/c1-14(16-6-5-7-16)17-10-8-15(9-11-17)12-13-18(2,3)4/h8-11,16H,1,5-7H2,2-4H3. The number of benzene rings is 1. The molecule has 0 nitrogen and oxygen atoms in total. The molecule has 1 aliphatic rings. The fourth-order valence-electron chi connectivity index (χ4n) is 2.02. The van der Waals surface area contributed by atoms with Crippen LogP contribution in [0.15, 0.2) is 30.8 Å². The Labute approximate surface area is 112 Å². The third-order valence-corrected chi connectivity index (χ3v) is 4.31. The lowest BCUT2D eigenvalue weighted by Crippen LogP contribution is -2.16. The van der Waals surface area contributed by atoms with Gasteiger partial charge in [0.15, 0.2) is 0 Å². The Kier molecular flexibility index (Phi) is 3.78. The minimum atomic E-state index is -1.27. The molecule has 1 aliphatic carbocycles. The van der Waals surface area contributed by atoms with Crippen LogP contribution >= 0.6 is 0 Å². The molecule has 0 bridgehead atoms. The van der Waals surface area contributed by atoms with E-state index in [2.05, 4.69) is 61.9 Å². The zero-order valence-electron chi connectivity index (χ0n) is 11.7. The van der Waals surface area contributed by atoms with Crippen LogP contribution in [-0.4, -0.2) is 8.07 Å². The van der Waals surface area contributed by atoms with Crippen LogP contribution in [0.3, 0.4) is 0 Å². The van der Waals surface area contributed by atoms with Gasteiger partial charge in [0, 0.05) is 5.56 Å². The molecular formula is C17H22Si. The van der Waals surface area contributed by atoms with Crippen molar-refractivity contribution < 1.29 is 0 Å². The first-order valence-corrected chi connectivity index (χ1v) is 10.3. The summed E-state index contributed by atoms with van der Waals surface area (Å²) in [6, 6.07) is 8.61. The summed E-state index contributed by atoms with van der Waals surface area (Å²) in [5.41, 5.74) is 7.13. The van der Waals surface area contributed by atoms with Gasteiger partial charge in [-0.3, -0.25) is 0 Å². The Morgan fingerprint density at radius 1 is 1.17 bits per heavy atom. The van der Waals surface area contributed by atoms with E-state index >= 15 is 0 Å². The summed E-state index contributed by atoms with van der Waals surface area (Å²) >= 11 is 0. The first-order chi connectivity index (χ1) is 8.46. The van der Waals surface area contributed by atoms with Crippen LogP contribution < -0.4 is 0 Å². The van der Waals surface area contributed by atoms with E-state index in [0.717, 1.165) is 11.5 Å². The molecule has 0 saturated heterocycles. The minimum Gasteiger partial charge on any atom is -0.127 e. The second-order valence-corrected chi connectivity index (χ2v) is 11.0. The molecular weight excluding hydrogens is 232 g/mol. The maximum absolute atomic E-state index is 4.23. The number of hydrogen-bond donors (Lipinski definition) is 0. The van der Waals surface area contributed by atoms with E-state index in [1.165, 1.54) is 30.4 Å². The summed E-state index contributed by atoms with van der Waals surface area (Å²) in [7, 11) is -1.27. The van der Waals surface area contributed by atoms with Crippen LogP contribution in [0.1, 0.15) is 30.4 Å². The molecule has 0 amide bonds. The van der Waals surface area contributed by atoms with E-state index < -0.39 is 8.07 Å². The molecule has 94 valence electrons. The van der Waals surface area contributed by atoms with Crippen molar-refractivity contribution in [3.8, 4) is 11.5 Å². The van der Waals surface area contributed by atoms with Gasteiger partial charge < -0.3 is 0 Å². The Morgan fingerprint density at radius 2 is 1.78 bits per heavy atom. The molecule has 18 heavy (non-hydrogen) atoms. The predicted octanol–water partition coefficient (Wildman–Crippen LogP) is 4.73. The molecule has 1 saturated carbocycles. The molecule has 1 aromatic carbocycles. The van der Waals surface area contributed by atoms with Crippen LogP contribution in [0.4, 0.5) is 0 Å². The normalized spacial score (nSPS) is 15.5. The zero-order valence-corrected chi connectivity index (χ0v) is 12.7. The van der Waals surface area contributed by atoms with Crippen LogP contribution in [0.2, 0.25) is 19.6 Å². The van der Waals surface area contributed by atoms with Crippen molar-refractivity contribution >= 4 is 13.6 Å². The van der Waals surface area contributed by atoms with Gasteiger partial charge >= 0.3 is 0 Å². The summed E-state index contributed by atoms with van der Waals surface area (Å²) in [6.07, 6.45) is 4.00. The summed E-state index contributed by atoms with van der Waals surface area (Å²) < 4.78 is 0. The topological polar surface area (TPSA) is 0 Å². The maximum Gasteiger partial charge on any atom is 0.129 e. The molecule has 0 unspecified atom stereocenters. The molecule has 1 heteroatoms. The highest BCUT2D eigenvalue weighted by atomic mass is 28.3. The smallest absolute Gasteiger partial charge is 0.127 e. The highest BCUT2D eigenvalue weighted by Crippen LogP contribution is 2.37. The molecule has 0 atom stereocenters. The van der Waals surface area contributed by atoms with E-state index in [-0.39, 0.29) is 0 Å². The molecule has 1 fully saturated rings. The summed E-state index contributed by atoms with van der Waals surface area (Å²) in [5, 5.41) is 0. The van der Waals surface area contributed by atoms with Gasteiger partial charge in [-0.05, 0) is 42.0 Å². The quantitative estimate of drug-likeness (QED) is 0.529. The van der Waals surface area contributed by atoms with Crippen molar-refractivity contribution in [2.24, 2.45) is 5.92 Å². The van der Waals surface area contributed by atoms with E-state index in [0.29, 0.717) is 0 Å². The van der Waals surface area contributed by atoms with Crippen molar-refractivity contribution in [3.05, 3.63) is 42.0 Å². The third-order valence-electron chi connectivity index (χ3n) is 3.44. The second-order valence-electron chi connectivity index (χ2n) is 6.23. The fourth-order valence-corrected chi connectivity index (χ4v) is 2.54. The van der Waals surface area contributed by atoms with E-state index in [1.807, 2.05) is 0 Å². The van der Waals surface area contributed by atoms with E-state index in [9.17, 15) is 0 Å². The van der Waals surface area contributed by atoms with E-state index in [4.69, 9.17) is 0 Å². The van der Waals surface area contributed by atoms with Gasteiger partial charge in [-0.15, -0.1) is 5.54 Å². The van der Waals surface area contributed by atoms with Gasteiger partial charge in [0.25, 0.3) is 0 Å². The lowest BCUT2D eigenvalue weighted by atomic mass is 9.78. The zero-order chi connectivity index (χ0) is 13.2. The average molecular weight is 254 g/mol. The molecule has 0 aliphatic heterocycles. The molecule has 0 spiro atoms. The number of allylic oxidation sites excluding steroid dienone is 1. The summed E-state index contributed by atoms with van der Waals surface area (Å²) in [6.45, 7) is 11.0. The van der Waals surface area contributed by atoms with Gasteiger partial charge in [0.1, 0.15) is 8.07 Å². The second kappa shape index (κ2) is 5.16. The first kappa shape index (κ1) is 13.2. The van der Waals surface area contributed by atoms with Gasteiger partial charge in [-0.1, -0.05) is 50.7 Å². The molecule has 0 aromatic heterocycles. The van der Waals surface area contributed by atoms with Crippen molar-refractivity contribution in [3.63, 3.8) is 0 Å². The molecule has 0 heterocycles. The van der Waals surface area contributed by atoms with Gasteiger partial charge in [-0.25, -0.2) is 0 Å². The highest BCUT2D eigenvalue weighted by molar-refractivity contribution is 6.83. The highest BCUT2D eigenvalue weighted by Gasteiger charge is 2.21. The van der Waals surface area contributed by atoms with Crippen molar-refractivity contribution in [2.75, 3.05) is 0 Å². The predicted molar refractivity (Wildman–Crippen MR) is 83.0 cm³/mol. The van der Waals surface area contributed by atoms with Crippen LogP contribution in [0.5, 0.6) is 0 Å². The van der Waals surface area contributed by atoms with Crippen LogP contribution in [-0.2, 0) is 0 Å². The fraction of sp³-hybridized carbons (Fsp3) is 0.412. The van der Waals surface area contributed by atoms with Gasteiger partial charge in [-0.2, -0.15) is 0 Å². The van der Waals surface area contributed by atoms with Crippen molar-refractivity contribution in [1.82, 2.24) is 0 Å². The van der Waals surface area contributed by atoms with Crippen molar-refractivity contribution in [2.45, 2.75) is 38.9 Å². The lowest BCUT2D eigenvalue weighted by Gasteiger charge is -2.27. The summed E-state index contributed by atoms with van der Waals surface area (Å²) in [4.78, 5) is 0. The Balaban J connectivity index is 2.09. The average Bonchev–Trinajstić information content (AvgIpc) is 2.23. The lowest BCUT2D eigenvalue weighted by molar-refractivity contribution is 0.401. The monoisotopic (exact) mass is 254 g/mol. The molecule has 0 radical (unpaired) electrons. The summed E-state index contributed by atoms with van der Waals surface area (Å²) in [5.74, 6) is 4.02. The van der Waals surface area contributed by atoms with Gasteiger partial charge in [0.05, 0.1) is 0 Å².